The minimum Gasteiger partial charge on any atom is -0.481 e. The summed E-state index contributed by atoms with van der Waals surface area (Å²) in [5.41, 5.74) is 0.451. The van der Waals surface area contributed by atoms with Crippen LogP contribution in [0.1, 0.15) is 50.4 Å². The second-order valence-electron chi connectivity index (χ2n) is 6.66. The first-order valence-electron chi connectivity index (χ1n) is 8.57. The Hall–Kier alpha value is -2.04. The molecule has 4 atom stereocenters. The van der Waals surface area contributed by atoms with E-state index in [1.54, 1.807) is 31.2 Å². The molecule has 2 rings (SSSR count). The third-order valence-corrected chi connectivity index (χ3v) is 4.99. The number of hydrogen-bond acceptors (Lipinski definition) is 4. The molecule has 1 N–H and O–H groups in total. The van der Waals surface area contributed by atoms with Crippen molar-refractivity contribution >= 4 is 11.9 Å². The van der Waals surface area contributed by atoms with Gasteiger partial charge in [0.25, 0.3) is 5.91 Å². The third kappa shape index (κ3) is 4.49. The molecule has 0 spiro atoms. The fourth-order valence-corrected chi connectivity index (χ4v) is 3.13. The minimum absolute atomic E-state index is 0.0991. The van der Waals surface area contributed by atoms with Crippen LogP contribution in [0.5, 0.6) is 5.75 Å². The molecule has 24 heavy (non-hydrogen) atoms. The molecule has 1 amide bonds. The van der Waals surface area contributed by atoms with Gasteiger partial charge in [0.05, 0.1) is 12.7 Å². The first kappa shape index (κ1) is 18.3. The number of esters is 1. The molecule has 0 aliphatic heterocycles. The fourth-order valence-electron chi connectivity index (χ4n) is 3.13. The number of benzene rings is 1. The second kappa shape index (κ2) is 8.18. The third-order valence-electron chi connectivity index (χ3n) is 4.99. The summed E-state index contributed by atoms with van der Waals surface area (Å²) in [7, 11) is 1.34. The van der Waals surface area contributed by atoms with E-state index in [-0.39, 0.29) is 11.9 Å². The largest absolute Gasteiger partial charge is 0.481 e. The van der Waals surface area contributed by atoms with E-state index in [0.717, 1.165) is 12.8 Å². The summed E-state index contributed by atoms with van der Waals surface area (Å²) in [5, 5.41) is 3.12. The first-order valence-corrected chi connectivity index (χ1v) is 8.57. The Bertz CT molecular complexity index is 569. The van der Waals surface area contributed by atoms with Crippen molar-refractivity contribution in [1.29, 1.82) is 0 Å². The lowest BCUT2D eigenvalue weighted by atomic mass is 9.78. The van der Waals surface area contributed by atoms with Gasteiger partial charge >= 0.3 is 5.97 Å². The SMILES string of the molecule is COC(=O)c1ccc(OC(C)C(=O)NC2CCCC(C)C2C)cc1. The molecule has 1 aromatic carbocycles. The van der Waals surface area contributed by atoms with E-state index in [9.17, 15) is 9.59 Å². The van der Waals surface area contributed by atoms with Gasteiger partial charge in [-0.1, -0.05) is 26.7 Å². The number of ether oxygens (including phenoxy) is 2. The van der Waals surface area contributed by atoms with Crippen LogP contribution in [0.15, 0.2) is 24.3 Å². The fraction of sp³-hybridized carbons (Fsp3) is 0.579. The number of rotatable bonds is 5. The molecule has 1 fully saturated rings. The molecule has 0 saturated heterocycles. The first-order chi connectivity index (χ1) is 11.4. The summed E-state index contributed by atoms with van der Waals surface area (Å²) < 4.78 is 10.3. The minimum atomic E-state index is -0.585. The van der Waals surface area contributed by atoms with Crippen LogP contribution >= 0.6 is 0 Å². The lowest BCUT2D eigenvalue weighted by Crippen LogP contribution is -2.48. The Labute approximate surface area is 143 Å². The zero-order valence-corrected chi connectivity index (χ0v) is 14.9. The Morgan fingerprint density at radius 3 is 2.46 bits per heavy atom. The highest BCUT2D eigenvalue weighted by Gasteiger charge is 2.29. The van der Waals surface area contributed by atoms with Gasteiger partial charge in [-0.2, -0.15) is 0 Å². The average molecular weight is 333 g/mol. The zero-order chi connectivity index (χ0) is 17.7. The molecule has 5 heteroatoms. The highest BCUT2D eigenvalue weighted by Crippen LogP contribution is 2.29. The molecular formula is C19H27NO4. The van der Waals surface area contributed by atoms with E-state index in [2.05, 4.69) is 23.9 Å². The van der Waals surface area contributed by atoms with Crippen LogP contribution in [0.2, 0.25) is 0 Å². The van der Waals surface area contributed by atoms with Gasteiger partial charge in [0.1, 0.15) is 5.75 Å². The maximum Gasteiger partial charge on any atom is 0.337 e. The van der Waals surface area contributed by atoms with Crippen LogP contribution in [0.25, 0.3) is 0 Å². The van der Waals surface area contributed by atoms with Crippen molar-refractivity contribution in [3.63, 3.8) is 0 Å². The van der Waals surface area contributed by atoms with Crippen molar-refractivity contribution in [1.82, 2.24) is 5.32 Å². The average Bonchev–Trinajstić information content (AvgIpc) is 2.58. The van der Waals surface area contributed by atoms with Gasteiger partial charge in [-0.15, -0.1) is 0 Å². The van der Waals surface area contributed by atoms with Crippen molar-refractivity contribution in [3.05, 3.63) is 29.8 Å². The predicted octanol–water partition coefficient (Wildman–Crippen LogP) is 3.18. The lowest BCUT2D eigenvalue weighted by molar-refractivity contribution is -0.128. The van der Waals surface area contributed by atoms with Crippen LogP contribution in [-0.4, -0.2) is 31.1 Å². The number of carbonyl (C=O) groups is 2. The quantitative estimate of drug-likeness (QED) is 0.841. The molecule has 4 unspecified atom stereocenters. The number of carbonyl (C=O) groups excluding carboxylic acids is 2. The number of nitrogens with one attached hydrogen (secondary N) is 1. The lowest BCUT2D eigenvalue weighted by Gasteiger charge is -2.35. The molecule has 1 saturated carbocycles. The van der Waals surface area contributed by atoms with Crippen molar-refractivity contribution < 1.29 is 19.1 Å². The van der Waals surface area contributed by atoms with Gasteiger partial charge in [0.2, 0.25) is 0 Å². The van der Waals surface area contributed by atoms with Crippen LogP contribution in [0, 0.1) is 11.8 Å². The molecule has 132 valence electrons. The molecule has 5 nitrogen and oxygen atoms in total. The Morgan fingerprint density at radius 2 is 1.83 bits per heavy atom. The van der Waals surface area contributed by atoms with Gasteiger partial charge in [-0.25, -0.2) is 4.79 Å². The van der Waals surface area contributed by atoms with Gasteiger partial charge in [-0.3, -0.25) is 4.79 Å². The summed E-state index contributed by atoms with van der Waals surface area (Å²) in [5.74, 6) is 1.17. The summed E-state index contributed by atoms with van der Waals surface area (Å²) in [6.07, 6.45) is 2.82. The van der Waals surface area contributed by atoms with Gasteiger partial charge in [0, 0.05) is 6.04 Å². The highest BCUT2D eigenvalue weighted by atomic mass is 16.5. The summed E-state index contributed by atoms with van der Waals surface area (Å²) in [4.78, 5) is 23.8. The van der Waals surface area contributed by atoms with E-state index >= 15 is 0 Å². The Morgan fingerprint density at radius 1 is 1.17 bits per heavy atom. The van der Waals surface area contributed by atoms with Crippen LogP contribution in [-0.2, 0) is 9.53 Å². The van der Waals surface area contributed by atoms with Gasteiger partial charge in [-0.05, 0) is 49.4 Å². The van der Waals surface area contributed by atoms with Crippen molar-refractivity contribution in [2.75, 3.05) is 7.11 Å². The Balaban J connectivity index is 1.90. The number of hydrogen-bond donors (Lipinski definition) is 1. The number of methoxy groups -OCH3 is 1. The van der Waals surface area contributed by atoms with Gasteiger partial charge < -0.3 is 14.8 Å². The summed E-state index contributed by atoms with van der Waals surface area (Å²) in [6.45, 7) is 6.18. The summed E-state index contributed by atoms with van der Waals surface area (Å²) in [6, 6.07) is 6.80. The highest BCUT2D eigenvalue weighted by molar-refractivity contribution is 5.89. The Kier molecular flexibility index (Phi) is 6.23. The smallest absolute Gasteiger partial charge is 0.337 e. The monoisotopic (exact) mass is 333 g/mol. The molecule has 0 heterocycles. The standard InChI is InChI=1S/C19H27NO4/c1-12-6-5-7-17(13(12)2)20-18(21)14(3)24-16-10-8-15(9-11-16)19(22)23-4/h8-14,17H,5-7H2,1-4H3,(H,20,21). The van der Waals surface area contributed by atoms with Gasteiger partial charge in [0.15, 0.2) is 6.10 Å². The maximum absolute atomic E-state index is 12.4. The van der Waals surface area contributed by atoms with Crippen molar-refractivity contribution in [2.24, 2.45) is 11.8 Å². The van der Waals surface area contributed by atoms with E-state index in [1.807, 2.05) is 0 Å². The molecule has 0 radical (unpaired) electrons. The zero-order valence-electron chi connectivity index (χ0n) is 14.9. The van der Waals surface area contributed by atoms with E-state index in [4.69, 9.17) is 4.74 Å². The molecule has 1 aromatic rings. The van der Waals surface area contributed by atoms with E-state index in [0.29, 0.717) is 23.1 Å². The normalized spacial score (nSPS) is 24.8. The molecule has 1 aliphatic rings. The molecule has 1 aliphatic carbocycles. The van der Waals surface area contributed by atoms with Crippen LogP contribution in [0.4, 0.5) is 0 Å². The van der Waals surface area contributed by atoms with Crippen LogP contribution < -0.4 is 10.1 Å². The predicted molar refractivity (Wildman–Crippen MR) is 92.0 cm³/mol. The van der Waals surface area contributed by atoms with Crippen molar-refractivity contribution in [3.8, 4) is 5.75 Å². The van der Waals surface area contributed by atoms with Crippen LogP contribution in [0.3, 0.4) is 0 Å². The van der Waals surface area contributed by atoms with E-state index in [1.165, 1.54) is 13.5 Å². The second-order valence-corrected chi connectivity index (χ2v) is 6.66. The molecule has 0 aromatic heterocycles. The molecular weight excluding hydrogens is 306 g/mol. The number of amides is 1. The topological polar surface area (TPSA) is 64.6 Å². The molecule has 0 bridgehead atoms. The summed E-state index contributed by atoms with van der Waals surface area (Å²) >= 11 is 0. The van der Waals surface area contributed by atoms with E-state index < -0.39 is 12.1 Å². The van der Waals surface area contributed by atoms with Crippen molar-refractivity contribution in [2.45, 2.75) is 52.2 Å². The maximum atomic E-state index is 12.4.